The Balaban J connectivity index is 2.11. The molecule has 1 aromatic rings. The van der Waals surface area contributed by atoms with Crippen molar-refractivity contribution < 1.29 is 4.79 Å². The van der Waals surface area contributed by atoms with Crippen LogP contribution in [0.3, 0.4) is 0 Å². The van der Waals surface area contributed by atoms with E-state index in [1.54, 1.807) is 0 Å². The minimum Gasteiger partial charge on any atom is -0.300 e. The number of Topliss-reactive ketones (excluding diaryl/α,β-unsaturated/α-hetero) is 1. The van der Waals surface area contributed by atoms with E-state index in [0.717, 1.165) is 36.5 Å². The number of carbonyl (C=O) groups is 1. The van der Waals surface area contributed by atoms with Gasteiger partial charge < -0.3 is 4.90 Å². The fourth-order valence-electron chi connectivity index (χ4n) is 3.40. The van der Waals surface area contributed by atoms with Gasteiger partial charge in [0.2, 0.25) is 0 Å². The van der Waals surface area contributed by atoms with Crippen LogP contribution in [0.5, 0.6) is 0 Å². The Hall–Kier alpha value is -0.860. The Morgan fingerprint density at radius 3 is 2.33 bits per heavy atom. The molecule has 0 aromatic heterocycles. The van der Waals surface area contributed by atoms with E-state index >= 15 is 0 Å². The number of halogens is 1. The van der Waals surface area contributed by atoms with Crippen molar-refractivity contribution in [2.45, 2.75) is 57.9 Å². The Kier molecular flexibility index (Phi) is 6.25. The van der Waals surface area contributed by atoms with Crippen molar-refractivity contribution in [1.82, 2.24) is 4.90 Å². The molecule has 0 saturated heterocycles. The van der Waals surface area contributed by atoms with Crippen molar-refractivity contribution in [3.8, 4) is 0 Å². The maximum atomic E-state index is 12.3. The normalized spacial score (nSPS) is 22.8. The molecule has 3 heteroatoms. The van der Waals surface area contributed by atoms with Crippen LogP contribution in [0.2, 0.25) is 5.02 Å². The fraction of sp³-hybridized carbons (Fsp3) is 0.611. The molecule has 0 bridgehead atoms. The third-order valence-corrected chi connectivity index (χ3v) is 4.68. The quantitative estimate of drug-likeness (QED) is 0.761. The summed E-state index contributed by atoms with van der Waals surface area (Å²) in [5.41, 5.74) is 1.13. The van der Waals surface area contributed by atoms with E-state index in [1.807, 2.05) is 24.3 Å². The molecule has 116 valence electrons. The molecule has 1 aliphatic rings. The SMILES string of the molecule is CCCN(CCC)C1CCC(=O)C(c2ccc(Cl)cc2)C1. The second kappa shape index (κ2) is 7.95. The van der Waals surface area contributed by atoms with Crippen molar-refractivity contribution in [3.05, 3.63) is 34.9 Å². The molecule has 1 saturated carbocycles. The first kappa shape index (κ1) is 16.5. The highest BCUT2D eigenvalue weighted by Crippen LogP contribution is 2.33. The number of rotatable bonds is 6. The summed E-state index contributed by atoms with van der Waals surface area (Å²) in [6, 6.07) is 8.35. The van der Waals surface area contributed by atoms with E-state index in [1.165, 1.54) is 12.8 Å². The van der Waals surface area contributed by atoms with Crippen LogP contribution in [0.4, 0.5) is 0 Å². The van der Waals surface area contributed by atoms with Crippen LogP contribution >= 0.6 is 11.6 Å². The maximum absolute atomic E-state index is 12.3. The van der Waals surface area contributed by atoms with Gasteiger partial charge in [-0.3, -0.25) is 4.79 Å². The van der Waals surface area contributed by atoms with Crippen molar-refractivity contribution in [2.75, 3.05) is 13.1 Å². The van der Waals surface area contributed by atoms with E-state index in [9.17, 15) is 4.79 Å². The lowest BCUT2D eigenvalue weighted by atomic mass is 9.79. The van der Waals surface area contributed by atoms with Crippen LogP contribution < -0.4 is 0 Å². The fourth-order valence-corrected chi connectivity index (χ4v) is 3.53. The molecule has 0 amide bonds. The molecule has 2 nitrogen and oxygen atoms in total. The Morgan fingerprint density at radius 2 is 1.76 bits per heavy atom. The number of benzene rings is 1. The summed E-state index contributed by atoms with van der Waals surface area (Å²) in [5.74, 6) is 0.443. The van der Waals surface area contributed by atoms with Crippen molar-refractivity contribution >= 4 is 17.4 Å². The van der Waals surface area contributed by atoms with Gasteiger partial charge in [-0.05, 0) is 56.5 Å². The van der Waals surface area contributed by atoms with E-state index in [2.05, 4.69) is 18.7 Å². The van der Waals surface area contributed by atoms with E-state index in [4.69, 9.17) is 11.6 Å². The Bertz CT molecular complexity index is 451. The van der Waals surface area contributed by atoms with Crippen LogP contribution in [0, 0.1) is 0 Å². The number of hydrogen-bond donors (Lipinski definition) is 0. The number of nitrogens with zero attached hydrogens (tertiary/aromatic N) is 1. The van der Waals surface area contributed by atoms with E-state index < -0.39 is 0 Å². The summed E-state index contributed by atoms with van der Waals surface area (Å²) in [4.78, 5) is 14.9. The number of carbonyl (C=O) groups excluding carboxylic acids is 1. The Labute approximate surface area is 133 Å². The molecule has 2 atom stereocenters. The van der Waals surface area contributed by atoms with Crippen LogP contribution in [0.1, 0.15) is 57.4 Å². The molecule has 0 radical (unpaired) electrons. The van der Waals surface area contributed by atoms with Gasteiger partial charge >= 0.3 is 0 Å². The summed E-state index contributed by atoms with van der Waals surface area (Å²) in [7, 11) is 0. The monoisotopic (exact) mass is 307 g/mol. The highest BCUT2D eigenvalue weighted by Gasteiger charge is 2.32. The molecule has 0 spiro atoms. The lowest BCUT2D eigenvalue weighted by Crippen LogP contribution is -2.41. The lowest BCUT2D eigenvalue weighted by Gasteiger charge is -2.37. The molecule has 1 fully saturated rings. The first-order chi connectivity index (χ1) is 10.2. The zero-order chi connectivity index (χ0) is 15.2. The second-order valence-corrected chi connectivity index (χ2v) is 6.47. The van der Waals surface area contributed by atoms with Crippen molar-refractivity contribution in [2.24, 2.45) is 0 Å². The number of ketones is 1. The van der Waals surface area contributed by atoms with Gasteiger partial charge in [-0.2, -0.15) is 0 Å². The predicted molar refractivity (Wildman–Crippen MR) is 89.0 cm³/mol. The van der Waals surface area contributed by atoms with Gasteiger partial charge in [0.05, 0.1) is 0 Å². The average molecular weight is 308 g/mol. The van der Waals surface area contributed by atoms with Gasteiger partial charge in [0.25, 0.3) is 0 Å². The van der Waals surface area contributed by atoms with Crippen LogP contribution in [0.25, 0.3) is 0 Å². The second-order valence-electron chi connectivity index (χ2n) is 6.03. The van der Waals surface area contributed by atoms with Crippen molar-refractivity contribution in [1.29, 1.82) is 0 Å². The van der Waals surface area contributed by atoms with Gasteiger partial charge in [0, 0.05) is 23.4 Å². The van der Waals surface area contributed by atoms with Crippen molar-refractivity contribution in [3.63, 3.8) is 0 Å². The molecule has 2 rings (SSSR count). The number of hydrogen-bond acceptors (Lipinski definition) is 2. The third-order valence-electron chi connectivity index (χ3n) is 4.43. The predicted octanol–water partition coefficient (Wildman–Crippen LogP) is 4.67. The summed E-state index contributed by atoms with van der Waals surface area (Å²) in [6.07, 6.45) is 5.04. The highest BCUT2D eigenvalue weighted by molar-refractivity contribution is 6.30. The zero-order valence-corrected chi connectivity index (χ0v) is 13.9. The minimum absolute atomic E-state index is 0.0530. The third kappa shape index (κ3) is 4.31. The Morgan fingerprint density at radius 1 is 1.14 bits per heavy atom. The van der Waals surface area contributed by atoms with Crippen LogP contribution in [-0.4, -0.2) is 29.8 Å². The highest BCUT2D eigenvalue weighted by atomic mass is 35.5. The van der Waals surface area contributed by atoms with Gasteiger partial charge in [-0.1, -0.05) is 37.6 Å². The van der Waals surface area contributed by atoms with E-state index in [-0.39, 0.29) is 5.92 Å². The maximum Gasteiger partial charge on any atom is 0.140 e. The molecule has 0 aliphatic heterocycles. The van der Waals surface area contributed by atoms with Gasteiger partial charge in [0.1, 0.15) is 5.78 Å². The lowest BCUT2D eigenvalue weighted by molar-refractivity contribution is -0.123. The summed E-state index contributed by atoms with van der Waals surface area (Å²) >= 11 is 5.96. The zero-order valence-electron chi connectivity index (χ0n) is 13.1. The molecular formula is C18H26ClNO. The molecule has 1 aromatic carbocycles. The average Bonchev–Trinajstić information content (AvgIpc) is 2.49. The van der Waals surface area contributed by atoms with Gasteiger partial charge in [-0.15, -0.1) is 0 Å². The van der Waals surface area contributed by atoms with Gasteiger partial charge in [-0.25, -0.2) is 0 Å². The first-order valence-electron chi connectivity index (χ1n) is 8.17. The molecule has 1 aliphatic carbocycles. The van der Waals surface area contributed by atoms with Gasteiger partial charge in [0.15, 0.2) is 0 Å². The topological polar surface area (TPSA) is 20.3 Å². The summed E-state index contributed by atoms with van der Waals surface area (Å²) in [6.45, 7) is 6.74. The standard InChI is InChI=1S/C18H26ClNO/c1-3-11-20(12-4-2)16-9-10-18(21)17(13-16)14-5-7-15(19)8-6-14/h5-8,16-17H,3-4,9-13H2,1-2H3. The molecular weight excluding hydrogens is 282 g/mol. The smallest absolute Gasteiger partial charge is 0.140 e. The summed E-state index contributed by atoms with van der Waals surface area (Å²) < 4.78 is 0. The molecule has 0 heterocycles. The molecule has 0 N–H and O–H groups in total. The summed E-state index contributed by atoms with van der Waals surface area (Å²) in [5, 5.41) is 0.733. The molecule has 2 unspecified atom stereocenters. The molecule has 21 heavy (non-hydrogen) atoms. The van der Waals surface area contributed by atoms with E-state index in [0.29, 0.717) is 18.2 Å². The largest absolute Gasteiger partial charge is 0.300 e. The van der Waals surface area contributed by atoms with Crippen LogP contribution in [-0.2, 0) is 4.79 Å². The minimum atomic E-state index is 0.0530. The van der Waals surface area contributed by atoms with Crippen LogP contribution in [0.15, 0.2) is 24.3 Å². The first-order valence-corrected chi connectivity index (χ1v) is 8.55.